The molecular formula is C60H49BN2OS2. The minimum atomic E-state index is 0.0524. The molecule has 14 rings (SSSR count). The van der Waals surface area contributed by atoms with E-state index in [-0.39, 0.29) is 16.2 Å². The number of nitrogens with one attached hydrogen (secondary N) is 1. The maximum absolute atomic E-state index is 7.36. The molecule has 320 valence electrons. The van der Waals surface area contributed by atoms with Gasteiger partial charge in [0, 0.05) is 90.1 Å². The third-order valence-electron chi connectivity index (χ3n) is 15.6. The summed E-state index contributed by atoms with van der Waals surface area (Å²) in [5, 5.41) is 14.2. The molecular weight excluding hydrogens is 840 g/mol. The van der Waals surface area contributed by atoms with Crippen LogP contribution in [0.4, 0.5) is 11.4 Å². The zero-order valence-electron chi connectivity index (χ0n) is 38.5. The summed E-state index contributed by atoms with van der Waals surface area (Å²) < 4.78 is 15.3. The Balaban J connectivity index is 1.17. The Morgan fingerprint density at radius 3 is 1.92 bits per heavy atom. The second-order valence-electron chi connectivity index (χ2n) is 21.6. The van der Waals surface area contributed by atoms with Crippen LogP contribution in [0.15, 0.2) is 138 Å². The molecule has 66 heavy (non-hydrogen) atoms. The van der Waals surface area contributed by atoms with Crippen molar-refractivity contribution in [1.82, 2.24) is 4.57 Å². The molecule has 12 aromatic rings. The summed E-state index contributed by atoms with van der Waals surface area (Å²) in [7, 11) is 0.785. The van der Waals surface area contributed by atoms with Crippen LogP contribution >= 0.6 is 22.7 Å². The average molecular weight is 889 g/mol. The summed E-state index contributed by atoms with van der Waals surface area (Å²) in [6.45, 7) is 16.7. The highest BCUT2D eigenvalue weighted by Gasteiger charge is 2.40. The fraction of sp³-hybridized carbons (Fsp3) is 0.200. The number of anilines is 2. The Morgan fingerprint density at radius 2 is 1.23 bits per heavy atom. The first-order valence-corrected chi connectivity index (χ1v) is 25.2. The van der Waals surface area contributed by atoms with Crippen molar-refractivity contribution in [3.8, 4) is 16.8 Å². The van der Waals surface area contributed by atoms with Crippen LogP contribution in [0.2, 0.25) is 0 Å². The van der Waals surface area contributed by atoms with Crippen LogP contribution in [0.1, 0.15) is 78.0 Å². The van der Waals surface area contributed by atoms with Gasteiger partial charge < -0.3 is 14.3 Å². The van der Waals surface area contributed by atoms with E-state index in [0.717, 1.165) is 53.6 Å². The Morgan fingerprint density at radius 1 is 0.606 bits per heavy atom. The van der Waals surface area contributed by atoms with Crippen molar-refractivity contribution < 1.29 is 4.42 Å². The highest BCUT2D eigenvalue weighted by atomic mass is 32.1. The third kappa shape index (κ3) is 5.37. The van der Waals surface area contributed by atoms with E-state index in [9.17, 15) is 0 Å². The zero-order valence-corrected chi connectivity index (χ0v) is 40.1. The first-order chi connectivity index (χ1) is 31.8. The van der Waals surface area contributed by atoms with Crippen molar-refractivity contribution in [1.29, 1.82) is 0 Å². The number of hydrogen-bond acceptors (Lipinski definition) is 4. The lowest BCUT2D eigenvalue weighted by atomic mass is 9.58. The van der Waals surface area contributed by atoms with Gasteiger partial charge in [0.05, 0.1) is 11.0 Å². The lowest BCUT2D eigenvalue weighted by Gasteiger charge is -2.42. The molecule has 2 aliphatic rings. The van der Waals surface area contributed by atoms with Gasteiger partial charge in [-0.05, 0) is 118 Å². The third-order valence-corrected chi connectivity index (χ3v) is 17.9. The lowest BCUT2D eigenvalue weighted by Crippen LogP contribution is -2.37. The van der Waals surface area contributed by atoms with Gasteiger partial charge in [-0.1, -0.05) is 121 Å². The molecule has 0 bridgehead atoms. The zero-order chi connectivity index (χ0) is 44.6. The molecule has 5 heterocycles. The number of hydrogen-bond donors (Lipinski definition) is 1. The van der Waals surface area contributed by atoms with E-state index in [1.807, 2.05) is 22.7 Å². The summed E-state index contributed by atoms with van der Waals surface area (Å²) >= 11 is 3.78. The van der Waals surface area contributed by atoms with Crippen LogP contribution in [0.3, 0.4) is 0 Å². The SMILES string of the molecule is CC(C)(C)c1ccc(Nc2cc3sc4ccccc4c3cc2-c2c3c4c(c5cc6c(cc5n4-c4cc5c(cc4B3)sc3ccccc35)C(C)(C)CCC6(C)C)c3c2oc2ccccc23)cc1. The van der Waals surface area contributed by atoms with Crippen LogP contribution in [0.25, 0.3) is 101 Å². The standard InChI is InChI=1S/C60H49BN2OS2/c1-58(2,3)32-20-22-33(23-21-32)62-44-31-51-37(34-14-9-12-18-48(34)66-51)26-39(44)54-55-56-52(53-36-16-8-11-17-47(36)64-57(53)54)40-27-41-42(60(6,7)25-24-59(41,4)5)29-45(40)63(56)46-28-38-35-15-10-13-19-49(35)65-50(38)30-43(46)61-55/h8-23,26-31,61-62H,24-25H2,1-7H3. The fourth-order valence-electron chi connectivity index (χ4n) is 12.0. The molecule has 6 heteroatoms. The fourth-order valence-corrected chi connectivity index (χ4v) is 14.2. The van der Waals surface area contributed by atoms with Gasteiger partial charge in [-0.2, -0.15) is 0 Å². The minimum absolute atomic E-state index is 0.0524. The lowest BCUT2D eigenvalue weighted by molar-refractivity contribution is 0.332. The van der Waals surface area contributed by atoms with E-state index in [2.05, 4.69) is 192 Å². The van der Waals surface area contributed by atoms with E-state index in [4.69, 9.17) is 4.42 Å². The molecule has 8 aromatic carbocycles. The number of furan rings is 1. The number of thiophene rings is 2. The van der Waals surface area contributed by atoms with Crippen LogP contribution in [-0.2, 0) is 16.2 Å². The summed E-state index contributed by atoms with van der Waals surface area (Å²) in [6.07, 6.45) is 2.33. The normalized spacial score (nSPS) is 15.4. The molecule has 0 unspecified atom stereocenters. The van der Waals surface area contributed by atoms with Crippen LogP contribution in [-0.4, -0.2) is 11.8 Å². The van der Waals surface area contributed by atoms with Gasteiger partial charge in [0.1, 0.15) is 11.2 Å². The van der Waals surface area contributed by atoms with E-state index >= 15 is 0 Å². The first kappa shape index (κ1) is 38.9. The van der Waals surface area contributed by atoms with E-state index in [1.165, 1.54) is 106 Å². The smallest absolute Gasteiger partial charge is 0.198 e. The van der Waals surface area contributed by atoms with Gasteiger partial charge in [0.15, 0.2) is 7.28 Å². The number of benzene rings is 8. The average Bonchev–Trinajstić information content (AvgIpc) is 4.06. The predicted octanol–water partition coefficient (Wildman–Crippen LogP) is 16.2. The Hall–Kier alpha value is -6.34. The molecule has 0 amide bonds. The largest absolute Gasteiger partial charge is 0.455 e. The Labute approximate surface area is 392 Å². The maximum Gasteiger partial charge on any atom is 0.198 e. The van der Waals surface area contributed by atoms with Crippen molar-refractivity contribution in [2.24, 2.45) is 0 Å². The molecule has 1 aliphatic heterocycles. The number of para-hydroxylation sites is 1. The number of rotatable bonds is 3. The van der Waals surface area contributed by atoms with Crippen LogP contribution in [0.5, 0.6) is 0 Å². The van der Waals surface area contributed by atoms with E-state index < -0.39 is 0 Å². The molecule has 1 aliphatic carbocycles. The van der Waals surface area contributed by atoms with E-state index in [0.29, 0.717) is 0 Å². The Bertz CT molecular complexity index is 4090. The second kappa shape index (κ2) is 13.2. The number of aromatic nitrogens is 1. The second-order valence-corrected chi connectivity index (χ2v) is 23.8. The van der Waals surface area contributed by atoms with Gasteiger partial charge in [0.25, 0.3) is 0 Å². The van der Waals surface area contributed by atoms with Gasteiger partial charge >= 0.3 is 0 Å². The van der Waals surface area contributed by atoms with Gasteiger partial charge in [-0.3, -0.25) is 0 Å². The molecule has 0 saturated heterocycles. The molecule has 4 aromatic heterocycles. The van der Waals surface area contributed by atoms with Gasteiger partial charge in [0.2, 0.25) is 0 Å². The van der Waals surface area contributed by atoms with Crippen LogP contribution < -0.4 is 16.2 Å². The van der Waals surface area contributed by atoms with Crippen molar-refractivity contribution >= 4 is 136 Å². The molecule has 0 atom stereocenters. The maximum atomic E-state index is 7.36. The Kier molecular flexibility index (Phi) is 7.77. The molecule has 3 nitrogen and oxygen atoms in total. The molecule has 0 radical (unpaired) electrons. The summed E-state index contributed by atoms with van der Waals surface area (Å²) in [5.41, 5.74) is 17.4. The topological polar surface area (TPSA) is 30.1 Å². The van der Waals surface area contributed by atoms with Crippen molar-refractivity contribution in [2.75, 3.05) is 5.32 Å². The monoisotopic (exact) mass is 888 g/mol. The highest BCUT2D eigenvalue weighted by Crippen LogP contribution is 2.53. The molecule has 0 fully saturated rings. The first-order valence-electron chi connectivity index (χ1n) is 23.6. The highest BCUT2D eigenvalue weighted by molar-refractivity contribution is 7.26. The molecule has 0 spiro atoms. The van der Waals surface area contributed by atoms with Gasteiger partial charge in [-0.25, -0.2) is 0 Å². The van der Waals surface area contributed by atoms with Crippen LogP contribution in [0, 0.1) is 0 Å². The van der Waals surface area contributed by atoms with Crippen molar-refractivity contribution in [3.05, 3.63) is 150 Å². The predicted molar refractivity (Wildman–Crippen MR) is 289 cm³/mol. The van der Waals surface area contributed by atoms with Crippen molar-refractivity contribution in [3.63, 3.8) is 0 Å². The molecule has 1 N–H and O–H groups in total. The van der Waals surface area contributed by atoms with E-state index in [1.54, 1.807) is 0 Å². The number of nitrogens with zero attached hydrogens (tertiary/aromatic N) is 1. The van der Waals surface area contributed by atoms with Gasteiger partial charge in [-0.15, -0.1) is 22.7 Å². The summed E-state index contributed by atoms with van der Waals surface area (Å²) in [5.74, 6) is 0. The summed E-state index contributed by atoms with van der Waals surface area (Å²) in [6, 6.07) is 50.8. The number of fused-ring (bicyclic) bond motifs is 16. The quantitative estimate of drug-likeness (QED) is 0.179. The minimum Gasteiger partial charge on any atom is -0.455 e. The summed E-state index contributed by atoms with van der Waals surface area (Å²) in [4.78, 5) is 0. The van der Waals surface area contributed by atoms with Crippen molar-refractivity contribution in [2.45, 2.75) is 77.6 Å². The molecule has 0 saturated carbocycles.